The predicted molar refractivity (Wildman–Crippen MR) is 123 cm³/mol. The summed E-state index contributed by atoms with van der Waals surface area (Å²) in [5.74, 6) is 0.150. The van der Waals surface area contributed by atoms with E-state index in [-0.39, 0.29) is 12.0 Å². The molecule has 0 spiro atoms. The van der Waals surface area contributed by atoms with Gasteiger partial charge in [-0.3, -0.25) is 4.79 Å². The van der Waals surface area contributed by atoms with Crippen LogP contribution in [0.15, 0.2) is 66.7 Å². The molecule has 4 heteroatoms. The lowest BCUT2D eigenvalue weighted by Gasteiger charge is -2.26. The Balaban J connectivity index is 1.50. The summed E-state index contributed by atoms with van der Waals surface area (Å²) in [7, 11) is 4.07. The van der Waals surface area contributed by atoms with Crippen molar-refractivity contribution >= 4 is 22.4 Å². The summed E-state index contributed by atoms with van der Waals surface area (Å²) in [6, 6.07) is 23.0. The summed E-state index contributed by atoms with van der Waals surface area (Å²) >= 11 is 0. The van der Waals surface area contributed by atoms with Gasteiger partial charge in [0.1, 0.15) is 0 Å². The number of hydrogen-bond donors (Lipinski definition) is 0. The highest BCUT2D eigenvalue weighted by Crippen LogP contribution is 2.20. The van der Waals surface area contributed by atoms with Gasteiger partial charge in [-0.25, -0.2) is 0 Å². The van der Waals surface area contributed by atoms with Crippen molar-refractivity contribution in [1.29, 1.82) is 0 Å². The van der Waals surface area contributed by atoms with Crippen molar-refractivity contribution < 1.29 is 9.53 Å². The Kier molecular flexibility index (Phi) is 6.34. The van der Waals surface area contributed by atoms with Crippen LogP contribution in [0.1, 0.15) is 24.0 Å². The molecule has 0 aromatic heterocycles. The fourth-order valence-corrected chi connectivity index (χ4v) is 4.04. The number of hydrogen-bond acceptors (Lipinski definition) is 3. The van der Waals surface area contributed by atoms with E-state index < -0.39 is 0 Å². The van der Waals surface area contributed by atoms with E-state index in [1.165, 1.54) is 10.8 Å². The van der Waals surface area contributed by atoms with Crippen LogP contribution in [0.5, 0.6) is 0 Å². The molecule has 0 saturated carbocycles. The molecule has 0 bridgehead atoms. The van der Waals surface area contributed by atoms with Crippen LogP contribution < -0.4 is 4.90 Å². The zero-order chi connectivity index (χ0) is 20.9. The number of benzene rings is 3. The van der Waals surface area contributed by atoms with Crippen LogP contribution in [0.4, 0.5) is 5.69 Å². The van der Waals surface area contributed by atoms with Crippen molar-refractivity contribution in [3.05, 3.63) is 77.9 Å². The Morgan fingerprint density at radius 1 is 0.967 bits per heavy atom. The highest BCUT2D eigenvalue weighted by molar-refractivity contribution is 5.85. The molecule has 1 fully saturated rings. The lowest BCUT2D eigenvalue weighted by molar-refractivity contribution is -0.132. The quantitative estimate of drug-likeness (QED) is 0.576. The van der Waals surface area contributed by atoms with E-state index in [2.05, 4.69) is 59.5 Å². The molecule has 3 aromatic carbocycles. The van der Waals surface area contributed by atoms with E-state index in [9.17, 15) is 4.79 Å². The monoisotopic (exact) mass is 402 g/mol. The molecule has 3 aromatic rings. The van der Waals surface area contributed by atoms with Crippen molar-refractivity contribution in [2.75, 3.05) is 32.1 Å². The Hall–Kier alpha value is -2.85. The second-order valence-corrected chi connectivity index (χ2v) is 8.33. The molecule has 30 heavy (non-hydrogen) atoms. The molecule has 0 aliphatic carbocycles. The zero-order valence-electron chi connectivity index (χ0n) is 17.9. The van der Waals surface area contributed by atoms with Gasteiger partial charge in [-0.15, -0.1) is 0 Å². The fraction of sp³-hybridized carbons (Fsp3) is 0.346. The first-order valence-corrected chi connectivity index (χ1v) is 10.7. The summed E-state index contributed by atoms with van der Waals surface area (Å²) < 4.78 is 5.83. The molecule has 1 aliphatic heterocycles. The number of fused-ring (bicyclic) bond motifs is 1. The fourth-order valence-electron chi connectivity index (χ4n) is 4.04. The Morgan fingerprint density at radius 2 is 1.70 bits per heavy atom. The Morgan fingerprint density at radius 3 is 2.40 bits per heavy atom. The van der Waals surface area contributed by atoms with Crippen molar-refractivity contribution in [3.63, 3.8) is 0 Å². The van der Waals surface area contributed by atoms with Gasteiger partial charge in [0.15, 0.2) is 0 Å². The van der Waals surface area contributed by atoms with Crippen LogP contribution in [-0.2, 0) is 22.5 Å². The number of anilines is 1. The smallest absolute Gasteiger partial charge is 0.227 e. The minimum absolute atomic E-state index is 0.145. The van der Waals surface area contributed by atoms with Gasteiger partial charge < -0.3 is 14.5 Å². The van der Waals surface area contributed by atoms with E-state index in [0.29, 0.717) is 19.5 Å². The molecule has 1 amide bonds. The van der Waals surface area contributed by atoms with Crippen molar-refractivity contribution in [1.82, 2.24) is 4.90 Å². The van der Waals surface area contributed by atoms with Gasteiger partial charge in [-0.05, 0) is 46.9 Å². The molecule has 4 rings (SSSR count). The van der Waals surface area contributed by atoms with E-state index in [0.717, 1.165) is 36.3 Å². The predicted octanol–water partition coefficient (Wildman–Crippen LogP) is 4.66. The normalized spacial score (nSPS) is 16.0. The third kappa shape index (κ3) is 5.00. The number of nitrogens with zero attached hydrogens (tertiary/aromatic N) is 2. The van der Waals surface area contributed by atoms with Crippen LogP contribution in [0.25, 0.3) is 10.8 Å². The molecule has 4 nitrogen and oxygen atoms in total. The molecule has 1 heterocycles. The van der Waals surface area contributed by atoms with Gasteiger partial charge in [-0.2, -0.15) is 0 Å². The highest BCUT2D eigenvalue weighted by Gasteiger charge is 2.23. The van der Waals surface area contributed by atoms with E-state index >= 15 is 0 Å². The molecule has 156 valence electrons. The molecular formula is C26H30N2O2. The summed E-state index contributed by atoms with van der Waals surface area (Å²) in [5.41, 5.74) is 3.36. The summed E-state index contributed by atoms with van der Waals surface area (Å²) in [5, 5.41) is 2.37. The third-order valence-electron chi connectivity index (χ3n) is 5.80. The van der Waals surface area contributed by atoms with Crippen molar-refractivity contribution in [2.45, 2.75) is 31.9 Å². The average molecular weight is 403 g/mol. The highest BCUT2D eigenvalue weighted by atomic mass is 16.5. The maximum atomic E-state index is 13.3. The SMILES string of the molecule is CN(C)c1ccc(CN(CC2CCCO2)C(=O)Cc2ccc3ccccc3c2)cc1. The van der Waals surface area contributed by atoms with E-state index in [4.69, 9.17) is 4.74 Å². The number of ether oxygens (including phenoxy) is 1. The largest absolute Gasteiger partial charge is 0.378 e. The first-order valence-electron chi connectivity index (χ1n) is 10.7. The van der Waals surface area contributed by atoms with Crippen molar-refractivity contribution in [2.24, 2.45) is 0 Å². The average Bonchev–Trinajstić information content (AvgIpc) is 3.27. The second-order valence-electron chi connectivity index (χ2n) is 8.33. The number of carbonyl (C=O) groups excluding carboxylic acids is 1. The van der Waals surface area contributed by atoms with Crippen LogP contribution in [0.2, 0.25) is 0 Å². The van der Waals surface area contributed by atoms with E-state index in [1.807, 2.05) is 31.1 Å². The van der Waals surface area contributed by atoms with E-state index in [1.54, 1.807) is 0 Å². The minimum Gasteiger partial charge on any atom is -0.378 e. The van der Waals surface area contributed by atoms with Gasteiger partial charge in [-0.1, -0.05) is 54.6 Å². The maximum Gasteiger partial charge on any atom is 0.227 e. The molecule has 1 aliphatic rings. The third-order valence-corrected chi connectivity index (χ3v) is 5.80. The Labute approximate surface area is 179 Å². The summed E-state index contributed by atoms with van der Waals surface area (Å²) in [4.78, 5) is 17.3. The van der Waals surface area contributed by atoms with Gasteiger partial charge >= 0.3 is 0 Å². The molecule has 0 radical (unpaired) electrons. The van der Waals surface area contributed by atoms with Gasteiger partial charge in [0.05, 0.1) is 12.5 Å². The van der Waals surface area contributed by atoms with Gasteiger partial charge in [0.2, 0.25) is 5.91 Å². The topological polar surface area (TPSA) is 32.8 Å². The summed E-state index contributed by atoms with van der Waals surface area (Å²) in [6.07, 6.45) is 2.66. The first-order chi connectivity index (χ1) is 14.6. The molecule has 0 N–H and O–H groups in total. The first kappa shape index (κ1) is 20.4. The standard InChI is InChI=1S/C26H30N2O2/c1-27(2)24-13-10-20(11-14-24)18-28(19-25-8-5-15-30-25)26(29)17-21-9-12-22-6-3-4-7-23(22)16-21/h3-4,6-7,9-14,16,25H,5,8,15,17-19H2,1-2H3. The Bertz CT molecular complexity index is 991. The zero-order valence-corrected chi connectivity index (χ0v) is 17.9. The maximum absolute atomic E-state index is 13.3. The van der Waals surface area contributed by atoms with Crippen LogP contribution in [-0.4, -0.2) is 44.2 Å². The lowest BCUT2D eigenvalue weighted by Crippen LogP contribution is -2.37. The number of rotatable bonds is 7. The number of carbonyl (C=O) groups is 1. The molecule has 1 saturated heterocycles. The lowest BCUT2D eigenvalue weighted by atomic mass is 10.0. The van der Waals surface area contributed by atoms with Gasteiger partial charge in [0.25, 0.3) is 0 Å². The molecule has 1 unspecified atom stereocenters. The van der Waals surface area contributed by atoms with Gasteiger partial charge in [0, 0.05) is 39.5 Å². The minimum atomic E-state index is 0.145. The second kappa shape index (κ2) is 9.31. The number of amides is 1. The van der Waals surface area contributed by atoms with Crippen LogP contribution in [0, 0.1) is 0 Å². The summed E-state index contributed by atoms with van der Waals surface area (Å²) in [6.45, 7) is 2.07. The van der Waals surface area contributed by atoms with Crippen LogP contribution >= 0.6 is 0 Å². The van der Waals surface area contributed by atoms with Crippen LogP contribution in [0.3, 0.4) is 0 Å². The molecular weight excluding hydrogens is 372 g/mol. The molecule has 1 atom stereocenters. The van der Waals surface area contributed by atoms with Crippen molar-refractivity contribution in [3.8, 4) is 0 Å².